The first-order valence-corrected chi connectivity index (χ1v) is 14.0. The summed E-state index contributed by atoms with van der Waals surface area (Å²) in [5.41, 5.74) is -1.28. The normalized spacial score (nSPS) is 21.0. The number of aromatic nitrogens is 1. The zero-order chi connectivity index (χ0) is 28.7. The highest BCUT2D eigenvalue weighted by atomic mass is 35.5. The molecule has 3 aromatic rings. The molecule has 2 N–H and O–H groups in total. The summed E-state index contributed by atoms with van der Waals surface area (Å²) in [5, 5.41) is 13.3. The molecule has 1 saturated carbocycles. The van der Waals surface area contributed by atoms with Crippen LogP contribution in [0.4, 0.5) is 5.82 Å². The summed E-state index contributed by atoms with van der Waals surface area (Å²) in [5.74, 6) is -2.74. The van der Waals surface area contributed by atoms with Crippen molar-refractivity contribution < 1.29 is 28.7 Å². The van der Waals surface area contributed by atoms with Crippen LogP contribution in [0.25, 0.3) is 11.0 Å². The number of nitrogens with zero attached hydrogens (tertiary/aromatic N) is 3. The third kappa shape index (κ3) is 4.72. The molecule has 0 bridgehead atoms. The van der Waals surface area contributed by atoms with Crippen molar-refractivity contribution in [3.05, 3.63) is 70.2 Å². The number of hydrogen-bond donors (Lipinski definition) is 2. The van der Waals surface area contributed by atoms with E-state index in [9.17, 15) is 24.3 Å². The second kappa shape index (κ2) is 10.6. The smallest absolute Gasteiger partial charge is 0.336 e. The van der Waals surface area contributed by atoms with E-state index in [4.69, 9.17) is 21.0 Å². The summed E-state index contributed by atoms with van der Waals surface area (Å²) in [6.07, 6.45) is 9.58. The van der Waals surface area contributed by atoms with Gasteiger partial charge in [-0.3, -0.25) is 19.4 Å². The number of aliphatic imine (C=N–C) groups is 1. The van der Waals surface area contributed by atoms with Gasteiger partial charge in [-0.25, -0.2) is 9.78 Å². The van der Waals surface area contributed by atoms with Crippen molar-refractivity contribution >= 4 is 58.2 Å². The number of likely N-dealkylation sites (tertiary alicyclic amines) is 1. The molecule has 10 nitrogen and oxygen atoms in total. The van der Waals surface area contributed by atoms with Crippen molar-refractivity contribution in [2.75, 3.05) is 11.9 Å². The highest BCUT2D eigenvalue weighted by Crippen LogP contribution is 2.46. The van der Waals surface area contributed by atoms with Gasteiger partial charge >= 0.3 is 5.97 Å². The number of anilines is 1. The maximum Gasteiger partial charge on any atom is 0.336 e. The van der Waals surface area contributed by atoms with Gasteiger partial charge in [0, 0.05) is 36.7 Å². The number of nitrogens with one attached hydrogen (secondary N) is 1. The predicted octanol–water partition coefficient (Wildman–Crippen LogP) is 5.37. The average molecular weight is 575 g/mol. The fourth-order valence-electron chi connectivity index (χ4n) is 6.07. The number of pyridine rings is 1. The zero-order valence-corrected chi connectivity index (χ0v) is 22.8. The van der Waals surface area contributed by atoms with E-state index in [0.717, 1.165) is 19.3 Å². The van der Waals surface area contributed by atoms with Gasteiger partial charge in [0.1, 0.15) is 11.4 Å². The molecule has 2 aliphatic heterocycles. The van der Waals surface area contributed by atoms with Gasteiger partial charge in [-0.15, -0.1) is 0 Å². The lowest BCUT2D eigenvalue weighted by Gasteiger charge is -2.30. The third-order valence-electron chi connectivity index (χ3n) is 8.00. The standard InChI is InChI=1S/C30H27ClN4O6/c31-18-11-12-22(32-15-18)34-28(38)26-25(24-20(29(39)40)8-4-9-21(24)41-26)30(27(37)17-6-2-1-3-7-17)14-19(16-33-30)35-13-5-10-23(35)36/h4,8-9,11-12,14-17H,1-3,5-7,10,13H2,(H,39,40)(H,32,34,38). The van der Waals surface area contributed by atoms with Crippen LogP contribution in [0, 0.1) is 5.92 Å². The van der Waals surface area contributed by atoms with Crippen molar-refractivity contribution in [3.63, 3.8) is 0 Å². The summed E-state index contributed by atoms with van der Waals surface area (Å²) in [6, 6.07) is 7.54. The number of amides is 2. The third-order valence-corrected chi connectivity index (χ3v) is 8.22. The minimum atomic E-state index is -1.77. The Balaban J connectivity index is 1.58. The number of carboxylic acids is 1. The van der Waals surface area contributed by atoms with E-state index in [2.05, 4.69) is 10.3 Å². The SMILES string of the molecule is O=C(Nc1ccc(Cl)cn1)c1oc2cccc(C(=O)O)c2c1C1(C(=O)C2CCCCC2)C=C(N2CCCC2=O)C=N1. The minimum absolute atomic E-state index is 0.0467. The molecule has 2 amide bonds. The van der Waals surface area contributed by atoms with Gasteiger partial charge in [0.15, 0.2) is 17.1 Å². The highest BCUT2D eigenvalue weighted by Gasteiger charge is 2.50. The summed E-state index contributed by atoms with van der Waals surface area (Å²) in [7, 11) is 0. The van der Waals surface area contributed by atoms with E-state index in [1.54, 1.807) is 23.1 Å². The number of fused-ring (bicyclic) bond motifs is 1. The van der Waals surface area contributed by atoms with E-state index in [-0.39, 0.29) is 51.3 Å². The number of carbonyl (C=O) groups excluding carboxylic acids is 3. The summed E-state index contributed by atoms with van der Waals surface area (Å²) >= 11 is 5.94. The number of allylic oxidation sites excluding steroid dienone is 1. The van der Waals surface area contributed by atoms with Crippen LogP contribution in [0.2, 0.25) is 5.02 Å². The maximum atomic E-state index is 14.5. The fourth-order valence-corrected chi connectivity index (χ4v) is 6.18. The number of hydrogen-bond acceptors (Lipinski definition) is 7. The quantitative estimate of drug-likeness (QED) is 0.386. The molecule has 41 heavy (non-hydrogen) atoms. The molecule has 1 atom stereocenters. The van der Waals surface area contributed by atoms with Crippen molar-refractivity contribution in [1.29, 1.82) is 0 Å². The van der Waals surface area contributed by atoms with E-state index in [1.165, 1.54) is 30.6 Å². The Labute approximate surface area is 240 Å². The predicted molar refractivity (Wildman–Crippen MR) is 151 cm³/mol. The molecule has 0 spiro atoms. The number of rotatable bonds is 7. The highest BCUT2D eigenvalue weighted by molar-refractivity contribution is 6.30. The van der Waals surface area contributed by atoms with Crippen LogP contribution in [0.1, 0.15) is 71.4 Å². The molecule has 2 fully saturated rings. The number of ketones is 1. The van der Waals surface area contributed by atoms with Crippen molar-refractivity contribution in [1.82, 2.24) is 9.88 Å². The molecular formula is C30H27ClN4O6. The molecule has 0 radical (unpaired) electrons. The molecule has 11 heteroatoms. The van der Waals surface area contributed by atoms with Crippen LogP contribution in [0.5, 0.6) is 0 Å². The lowest BCUT2D eigenvalue weighted by Crippen LogP contribution is -2.38. The lowest BCUT2D eigenvalue weighted by molar-refractivity contribution is -0.128. The van der Waals surface area contributed by atoms with Gasteiger partial charge in [0.05, 0.1) is 21.8 Å². The first kappa shape index (κ1) is 26.9. The van der Waals surface area contributed by atoms with Crippen LogP contribution in [0.3, 0.4) is 0 Å². The summed E-state index contributed by atoms with van der Waals surface area (Å²) < 4.78 is 6.04. The molecule has 210 valence electrons. The maximum absolute atomic E-state index is 14.5. The van der Waals surface area contributed by atoms with Gasteiger partial charge in [-0.2, -0.15) is 0 Å². The first-order valence-electron chi connectivity index (χ1n) is 13.6. The molecular weight excluding hydrogens is 548 g/mol. The van der Waals surface area contributed by atoms with Gasteiger partial charge in [0.2, 0.25) is 5.91 Å². The zero-order valence-electron chi connectivity index (χ0n) is 22.1. The van der Waals surface area contributed by atoms with E-state index in [0.29, 0.717) is 42.9 Å². The summed E-state index contributed by atoms with van der Waals surface area (Å²) in [4.78, 5) is 63.8. The number of furan rings is 1. The Hall–Kier alpha value is -4.31. The Morgan fingerprint density at radius 2 is 1.90 bits per heavy atom. The van der Waals surface area contributed by atoms with E-state index >= 15 is 0 Å². The van der Waals surface area contributed by atoms with Gasteiger partial charge < -0.3 is 19.7 Å². The van der Waals surface area contributed by atoms with Crippen molar-refractivity contribution in [2.45, 2.75) is 50.5 Å². The average Bonchev–Trinajstić information content (AvgIpc) is 3.71. The number of halogens is 1. The molecule has 1 saturated heterocycles. The van der Waals surface area contributed by atoms with E-state index in [1.807, 2.05) is 0 Å². The Kier molecular flexibility index (Phi) is 6.94. The Morgan fingerprint density at radius 3 is 2.59 bits per heavy atom. The van der Waals surface area contributed by atoms with Crippen LogP contribution < -0.4 is 5.32 Å². The van der Waals surface area contributed by atoms with Crippen LogP contribution in [-0.2, 0) is 15.1 Å². The van der Waals surface area contributed by atoms with Gasteiger partial charge in [0.25, 0.3) is 5.91 Å². The second-order valence-electron chi connectivity index (χ2n) is 10.5. The molecule has 1 aromatic carbocycles. The first-order chi connectivity index (χ1) is 19.8. The second-order valence-corrected chi connectivity index (χ2v) is 11.0. The molecule has 4 heterocycles. The number of carbonyl (C=O) groups is 4. The minimum Gasteiger partial charge on any atom is -0.478 e. The van der Waals surface area contributed by atoms with Crippen molar-refractivity contribution in [3.8, 4) is 0 Å². The molecule has 1 unspecified atom stereocenters. The largest absolute Gasteiger partial charge is 0.478 e. The summed E-state index contributed by atoms with van der Waals surface area (Å²) in [6.45, 7) is 0.479. The van der Waals surface area contributed by atoms with Crippen molar-refractivity contribution in [2.24, 2.45) is 10.9 Å². The van der Waals surface area contributed by atoms with Crippen LogP contribution >= 0.6 is 11.6 Å². The number of benzene rings is 1. The molecule has 1 aliphatic carbocycles. The number of Topliss-reactive ketones (excluding diaryl/α,β-unsaturated/α-hetero) is 1. The monoisotopic (exact) mass is 574 g/mol. The topological polar surface area (TPSA) is 142 Å². The molecule has 6 rings (SSSR count). The van der Waals surface area contributed by atoms with Gasteiger partial charge in [-0.1, -0.05) is 36.9 Å². The fraction of sp³-hybridized carbons (Fsp3) is 0.333. The van der Waals surface area contributed by atoms with Crippen LogP contribution in [-0.4, -0.2) is 51.3 Å². The Bertz CT molecular complexity index is 1640. The lowest BCUT2D eigenvalue weighted by atomic mass is 9.74. The molecule has 2 aromatic heterocycles. The Morgan fingerprint density at radius 1 is 1.10 bits per heavy atom. The van der Waals surface area contributed by atoms with Crippen LogP contribution in [0.15, 0.2) is 57.7 Å². The van der Waals surface area contributed by atoms with Gasteiger partial charge in [-0.05, 0) is 49.6 Å². The number of aromatic carboxylic acids is 1. The van der Waals surface area contributed by atoms with E-state index < -0.39 is 17.4 Å². The number of carboxylic acid groups (broad SMARTS) is 1. The molecule has 3 aliphatic rings.